The molecule has 30 heavy (non-hydrogen) atoms. The lowest BCUT2D eigenvalue weighted by Crippen LogP contribution is -2.32. The molecule has 0 radical (unpaired) electrons. The molecule has 0 spiro atoms. The number of hydrogen-bond acceptors (Lipinski definition) is 4. The van der Waals surface area contributed by atoms with Crippen molar-refractivity contribution >= 4 is 21.6 Å². The Balaban J connectivity index is 1.87. The van der Waals surface area contributed by atoms with E-state index in [1.165, 1.54) is 16.1 Å². The molecule has 164 valence electrons. The van der Waals surface area contributed by atoms with Crippen LogP contribution in [0, 0.1) is 0 Å². The molecule has 2 rings (SSSR count). The predicted molar refractivity (Wildman–Crippen MR) is 121 cm³/mol. The van der Waals surface area contributed by atoms with Crippen molar-refractivity contribution in [2.45, 2.75) is 45.6 Å². The van der Waals surface area contributed by atoms with E-state index in [0.717, 1.165) is 0 Å². The summed E-state index contributed by atoms with van der Waals surface area (Å²) in [5.74, 6) is 0.829. The van der Waals surface area contributed by atoms with Crippen molar-refractivity contribution in [3.63, 3.8) is 0 Å². The molecular weight excluding hydrogens is 400 g/mol. The number of benzene rings is 2. The fourth-order valence-electron chi connectivity index (χ4n) is 3.09. The van der Waals surface area contributed by atoms with E-state index in [9.17, 15) is 13.2 Å². The topological polar surface area (TPSA) is 75.7 Å². The van der Waals surface area contributed by atoms with Gasteiger partial charge >= 0.3 is 0 Å². The predicted octanol–water partition coefficient (Wildman–Crippen LogP) is 3.94. The van der Waals surface area contributed by atoms with Gasteiger partial charge in [0.05, 0.1) is 18.0 Å². The molecular formula is C23H32N2O4S. The monoisotopic (exact) mass is 432 g/mol. The van der Waals surface area contributed by atoms with Crippen LogP contribution in [0.15, 0.2) is 54.6 Å². The van der Waals surface area contributed by atoms with Gasteiger partial charge in [-0.15, -0.1) is 0 Å². The quantitative estimate of drug-likeness (QED) is 0.584. The van der Waals surface area contributed by atoms with Gasteiger partial charge in [-0.3, -0.25) is 9.10 Å². The molecule has 0 aromatic heterocycles. The Labute approximate surface area is 180 Å². The molecule has 0 bridgehead atoms. The molecule has 6 nitrogen and oxygen atoms in total. The minimum Gasteiger partial charge on any atom is -0.491 e. The van der Waals surface area contributed by atoms with Gasteiger partial charge in [-0.1, -0.05) is 37.3 Å². The summed E-state index contributed by atoms with van der Waals surface area (Å²) >= 11 is 0. The molecule has 0 aliphatic heterocycles. The third kappa shape index (κ3) is 7.71. The maximum absolute atomic E-state index is 12.2. The number of nitrogens with zero attached hydrogens (tertiary/aromatic N) is 1. The molecule has 1 unspecified atom stereocenters. The Kier molecular flexibility index (Phi) is 8.72. The van der Waals surface area contributed by atoms with Gasteiger partial charge < -0.3 is 10.1 Å². The van der Waals surface area contributed by atoms with Crippen molar-refractivity contribution < 1.29 is 17.9 Å². The largest absolute Gasteiger partial charge is 0.491 e. The van der Waals surface area contributed by atoms with Gasteiger partial charge in [-0.05, 0) is 56.0 Å². The smallest absolute Gasteiger partial charge is 0.232 e. The van der Waals surface area contributed by atoms with Crippen LogP contribution < -0.4 is 14.4 Å². The highest BCUT2D eigenvalue weighted by Crippen LogP contribution is 2.23. The lowest BCUT2D eigenvalue weighted by Gasteiger charge is -2.23. The molecule has 1 atom stereocenters. The maximum Gasteiger partial charge on any atom is 0.232 e. The SMILES string of the molecule is CC(C)Oc1ccc(N(CCCC(=O)NCC(C)c2ccccc2)S(C)(=O)=O)cc1. The fraction of sp³-hybridized carbons (Fsp3) is 0.435. The number of rotatable bonds is 11. The van der Waals surface area contributed by atoms with Gasteiger partial charge in [-0.25, -0.2) is 8.42 Å². The van der Waals surface area contributed by atoms with E-state index in [1.54, 1.807) is 24.3 Å². The summed E-state index contributed by atoms with van der Waals surface area (Å²) in [6.45, 7) is 6.72. The molecule has 1 amide bonds. The van der Waals surface area contributed by atoms with E-state index in [1.807, 2.05) is 44.2 Å². The minimum absolute atomic E-state index is 0.0463. The summed E-state index contributed by atoms with van der Waals surface area (Å²) in [6.07, 6.45) is 1.92. The molecule has 0 fully saturated rings. The Morgan fingerprint density at radius 1 is 1.03 bits per heavy atom. The highest BCUT2D eigenvalue weighted by atomic mass is 32.2. The van der Waals surface area contributed by atoms with E-state index in [-0.39, 0.29) is 30.9 Å². The Bertz CT molecular complexity index is 897. The number of anilines is 1. The average molecular weight is 433 g/mol. The van der Waals surface area contributed by atoms with Crippen LogP contribution in [0.25, 0.3) is 0 Å². The lowest BCUT2D eigenvalue weighted by atomic mass is 10.0. The first-order chi connectivity index (χ1) is 14.2. The van der Waals surface area contributed by atoms with Crippen LogP contribution >= 0.6 is 0 Å². The first kappa shape index (κ1) is 23.7. The van der Waals surface area contributed by atoms with Crippen molar-refractivity contribution in [1.29, 1.82) is 0 Å². The van der Waals surface area contributed by atoms with Crippen LogP contribution in [-0.2, 0) is 14.8 Å². The summed E-state index contributed by atoms with van der Waals surface area (Å²) in [7, 11) is -3.45. The second kappa shape index (κ2) is 11.0. The summed E-state index contributed by atoms with van der Waals surface area (Å²) in [6, 6.07) is 17.0. The van der Waals surface area contributed by atoms with E-state index in [0.29, 0.717) is 24.4 Å². The summed E-state index contributed by atoms with van der Waals surface area (Å²) in [5.41, 5.74) is 1.73. The van der Waals surface area contributed by atoms with Crippen molar-refractivity contribution in [3.05, 3.63) is 60.2 Å². The second-order valence-electron chi connectivity index (χ2n) is 7.71. The number of amides is 1. The van der Waals surface area contributed by atoms with Crippen molar-refractivity contribution in [2.75, 3.05) is 23.7 Å². The number of ether oxygens (including phenoxy) is 1. The van der Waals surface area contributed by atoms with E-state index in [4.69, 9.17) is 4.74 Å². The molecule has 1 N–H and O–H groups in total. The molecule has 0 aliphatic carbocycles. The normalized spacial score (nSPS) is 12.4. The third-order valence-corrected chi connectivity index (χ3v) is 5.83. The first-order valence-electron chi connectivity index (χ1n) is 10.2. The van der Waals surface area contributed by atoms with Gasteiger partial charge in [-0.2, -0.15) is 0 Å². The standard InChI is InChI=1S/C23H32N2O4S/c1-18(2)29-22-14-12-21(13-15-22)25(30(4,27)28)16-8-11-23(26)24-17-19(3)20-9-6-5-7-10-20/h5-7,9-10,12-15,18-19H,8,11,16-17H2,1-4H3,(H,24,26). The number of carbonyl (C=O) groups is 1. The molecule has 0 saturated carbocycles. The van der Waals surface area contributed by atoms with Crippen molar-refractivity contribution in [3.8, 4) is 5.75 Å². The van der Waals surface area contributed by atoms with E-state index >= 15 is 0 Å². The summed E-state index contributed by atoms with van der Waals surface area (Å²) in [4.78, 5) is 12.2. The zero-order valence-electron chi connectivity index (χ0n) is 18.2. The van der Waals surface area contributed by atoms with Crippen molar-refractivity contribution in [1.82, 2.24) is 5.32 Å². The van der Waals surface area contributed by atoms with Crippen LogP contribution in [0.2, 0.25) is 0 Å². The van der Waals surface area contributed by atoms with Crippen molar-refractivity contribution in [2.24, 2.45) is 0 Å². The summed E-state index contributed by atoms with van der Waals surface area (Å²) in [5, 5.41) is 2.94. The number of nitrogens with one attached hydrogen (secondary N) is 1. The van der Waals surface area contributed by atoms with Crippen LogP contribution in [0.3, 0.4) is 0 Å². The second-order valence-corrected chi connectivity index (χ2v) is 9.62. The van der Waals surface area contributed by atoms with Gasteiger partial charge in [0.25, 0.3) is 0 Å². The fourth-order valence-corrected chi connectivity index (χ4v) is 4.05. The Morgan fingerprint density at radius 3 is 2.23 bits per heavy atom. The molecule has 0 aliphatic rings. The molecule has 2 aromatic rings. The van der Waals surface area contributed by atoms with Gasteiger partial charge in [0, 0.05) is 19.5 Å². The molecule has 0 heterocycles. The summed E-state index contributed by atoms with van der Waals surface area (Å²) < 4.78 is 31.4. The van der Waals surface area contributed by atoms with Gasteiger partial charge in [0.2, 0.25) is 15.9 Å². The van der Waals surface area contributed by atoms with Crippen LogP contribution in [0.4, 0.5) is 5.69 Å². The van der Waals surface area contributed by atoms with Crippen LogP contribution in [-0.4, -0.2) is 39.8 Å². The number of hydrogen-bond donors (Lipinski definition) is 1. The molecule has 7 heteroatoms. The molecule has 0 saturated heterocycles. The molecule has 2 aromatic carbocycles. The maximum atomic E-state index is 12.2. The third-order valence-electron chi connectivity index (χ3n) is 4.64. The Morgan fingerprint density at radius 2 is 1.67 bits per heavy atom. The average Bonchev–Trinajstić information content (AvgIpc) is 2.69. The highest BCUT2D eigenvalue weighted by molar-refractivity contribution is 7.92. The zero-order valence-corrected chi connectivity index (χ0v) is 19.0. The highest BCUT2D eigenvalue weighted by Gasteiger charge is 2.18. The van der Waals surface area contributed by atoms with E-state index in [2.05, 4.69) is 12.2 Å². The van der Waals surface area contributed by atoms with Gasteiger partial charge in [0.1, 0.15) is 5.75 Å². The first-order valence-corrected chi connectivity index (χ1v) is 12.1. The van der Waals surface area contributed by atoms with E-state index < -0.39 is 10.0 Å². The lowest BCUT2D eigenvalue weighted by molar-refractivity contribution is -0.121. The number of carbonyl (C=O) groups excluding carboxylic acids is 1. The van der Waals surface area contributed by atoms with Crippen LogP contribution in [0.5, 0.6) is 5.75 Å². The van der Waals surface area contributed by atoms with Gasteiger partial charge in [0.15, 0.2) is 0 Å². The number of sulfonamides is 1. The Hall–Kier alpha value is -2.54. The zero-order chi connectivity index (χ0) is 22.1. The van der Waals surface area contributed by atoms with Crippen LogP contribution in [0.1, 0.15) is 45.1 Å². The minimum atomic E-state index is -3.45.